The van der Waals surface area contributed by atoms with Gasteiger partial charge in [0.15, 0.2) is 0 Å². The zero-order valence-electron chi connectivity index (χ0n) is 12.8. The summed E-state index contributed by atoms with van der Waals surface area (Å²) in [6.07, 6.45) is 10.4. The first-order valence-electron chi connectivity index (χ1n) is 8.41. The van der Waals surface area contributed by atoms with Crippen LogP contribution in [0.5, 0.6) is 0 Å². The van der Waals surface area contributed by atoms with Gasteiger partial charge in [-0.1, -0.05) is 62.8 Å². The van der Waals surface area contributed by atoms with E-state index in [2.05, 4.69) is 30.3 Å². The molecule has 1 atom stereocenters. The molecule has 1 aromatic carbocycles. The molecule has 112 valence electrons. The van der Waals surface area contributed by atoms with E-state index in [4.69, 9.17) is 10.7 Å². The molecule has 0 radical (unpaired) electrons. The number of aromatic nitrogens is 1. The second-order valence-electron chi connectivity index (χ2n) is 6.55. The zero-order chi connectivity index (χ0) is 14.5. The molecular formula is C19H26N2. The largest absolute Gasteiger partial charge is 0.327 e. The van der Waals surface area contributed by atoms with Gasteiger partial charge in [-0.05, 0) is 24.5 Å². The molecule has 3 rings (SSSR count). The minimum atomic E-state index is 0.252. The molecule has 1 heterocycles. The summed E-state index contributed by atoms with van der Waals surface area (Å²) >= 11 is 0. The van der Waals surface area contributed by atoms with E-state index >= 15 is 0 Å². The zero-order valence-corrected chi connectivity index (χ0v) is 12.8. The number of pyridine rings is 1. The minimum Gasteiger partial charge on any atom is -0.327 e. The van der Waals surface area contributed by atoms with E-state index < -0.39 is 0 Å². The molecular weight excluding hydrogens is 256 g/mol. The molecule has 1 unspecified atom stereocenters. The van der Waals surface area contributed by atoms with Crippen LogP contribution in [0, 0.1) is 5.92 Å². The van der Waals surface area contributed by atoms with Gasteiger partial charge in [-0.15, -0.1) is 0 Å². The third-order valence-electron chi connectivity index (χ3n) is 4.74. The van der Waals surface area contributed by atoms with Crippen LogP contribution >= 0.6 is 0 Å². The topological polar surface area (TPSA) is 38.9 Å². The summed E-state index contributed by atoms with van der Waals surface area (Å²) in [4.78, 5) is 4.75. The predicted octanol–water partition coefficient (Wildman–Crippen LogP) is 4.47. The maximum Gasteiger partial charge on any atom is 0.0705 e. The molecule has 1 fully saturated rings. The summed E-state index contributed by atoms with van der Waals surface area (Å²) in [5, 5.41) is 1.21. The highest BCUT2D eigenvalue weighted by Crippen LogP contribution is 2.26. The van der Waals surface area contributed by atoms with Crippen LogP contribution in [0.15, 0.2) is 36.4 Å². The molecule has 0 saturated heterocycles. The average molecular weight is 282 g/mol. The van der Waals surface area contributed by atoms with Gasteiger partial charge in [-0.3, -0.25) is 4.98 Å². The highest BCUT2D eigenvalue weighted by Gasteiger charge is 2.16. The molecule has 1 aromatic heterocycles. The first-order valence-corrected chi connectivity index (χ1v) is 8.41. The van der Waals surface area contributed by atoms with Gasteiger partial charge in [-0.25, -0.2) is 0 Å². The van der Waals surface area contributed by atoms with Crippen LogP contribution in [0.25, 0.3) is 10.9 Å². The van der Waals surface area contributed by atoms with Gasteiger partial charge in [0.05, 0.1) is 5.52 Å². The maximum absolute atomic E-state index is 6.39. The van der Waals surface area contributed by atoms with Crippen molar-refractivity contribution in [3.8, 4) is 0 Å². The number of benzene rings is 1. The molecule has 1 saturated carbocycles. The monoisotopic (exact) mass is 282 g/mol. The van der Waals surface area contributed by atoms with Crippen LogP contribution in [0.2, 0.25) is 0 Å². The van der Waals surface area contributed by atoms with Gasteiger partial charge in [0.1, 0.15) is 0 Å². The lowest BCUT2D eigenvalue weighted by atomic mass is 9.91. The fourth-order valence-electron chi connectivity index (χ4n) is 3.60. The van der Waals surface area contributed by atoms with Crippen molar-refractivity contribution >= 4 is 10.9 Å². The number of nitrogens with two attached hydrogens (primary N) is 1. The Morgan fingerprint density at radius 3 is 2.57 bits per heavy atom. The molecule has 1 aliphatic carbocycles. The van der Waals surface area contributed by atoms with Gasteiger partial charge in [-0.2, -0.15) is 0 Å². The Labute approximate surface area is 127 Å². The van der Waals surface area contributed by atoms with E-state index in [-0.39, 0.29) is 6.04 Å². The molecule has 2 aromatic rings. The standard InChI is InChI=1S/C19H26N2/c20-17(13-15-7-3-1-2-4-8-15)14-18-12-11-16-9-5-6-10-19(16)21-18/h5-6,9-12,15,17H,1-4,7-8,13-14,20H2. The average Bonchev–Trinajstić information content (AvgIpc) is 2.75. The van der Waals surface area contributed by atoms with Crippen LogP contribution in [-0.2, 0) is 6.42 Å². The SMILES string of the molecule is NC(Cc1ccc2ccccc2n1)CC1CCCCCC1. The van der Waals surface area contributed by atoms with Gasteiger partial charge in [0, 0.05) is 23.5 Å². The van der Waals surface area contributed by atoms with Crippen molar-refractivity contribution in [1.29, 1.82) is 0 Å². The minimum absolute atomic E-state index is 0.252. The second-order valence-corrected chi connectivity index (χ2v) is 6.55. The summed E-state index contributed by atoms with van der Waals surface area (Å²) in [6.45, 7) is 0. The van der Waals surface area contributed by atoms with Crippen LogP contribution < -0.4 is 5.73 Å². The fourth-order valence-corrected chi connectivity index (χ4v) is 3.60. The molecule has 0 bridgehead atoms. The van der Waals surface area contributed by atoms with Crippen LogP contribution in [-0.4, -0.2) is 11.0 Å². The molecule has 0 amide bonds. The summed E-state index contributed by atoms with van der Waals surface area (Å²) in [5.41, 5.74) is 8.61. The molecule has 1 aliphatic rings. The highest BCUT2D eigenvalue weighted by molar-refractivity contribution is 5.78. The van der Waals surface area contributed by atoms with Crippen molar-refractivity contribution < 1.29 is 0 Å². The first kappa shape index (κ1) is 14.5. The Kier molecular flexibility index (Phi) is 4.87. The molecule has 21 heavy (non-hydrogen) atoms. The smallest absolute Gasteiger partial charge is 0.0705 e. The number of nitrogens with zero attached hydrogens (tertiary/aromatic N) is 1. The molecule has 2 N–H and O–H groups in total. The Balaban J connectivity index is 1.61. The summed E-state index contributed by atoms with van der Waals surface area (Å²) < 4.78 is 0. The Hall–Kier alpha value is -1.41. The van der Waals surface area contributed by atoms with Gasteiger partial charge in [0.25, 0.3) is 0 Å². The van der Waals surface area contributed by atoms with Gasteiger partial charge < -0.3 is 5.73 Å². The Morgan fingerprint density at radius 2 is 1.76 bits per heavy atom. The van der Waals surface area contributed by atoms with Crippen molar-refractivity contribution in [1.82, 2.24) is 4.98 Å². The molecule has 2 heteroatoms. The third kappa shape index (κ3) is 4.04. The normalized spacial score (nSPS) is 18.5. The summed E-state index contributed by atoms with van der Waals surface area (Å²) in [7, 11) is 0. The van der Waals surface area contributed by atoms with Crippen LogP contribution in [0.4, 0.5) is 0 Å². The lowest BCUT2D eigenvalue weighted by Gasteiger charge is -2.19. The lowest BCUT2D eigenvalue weighted by molar-refractivity contribution is 0.386. The van der Waals surface area contributed by atoms with Gasteiger partial charge >= 0.3 is 0 Å². The summed E-state index contributed by atoms with van der Waals surface area (Å²) in [5.74, 6) is 0.836. The van der Waals surface area contributed by atoms with Gasteiger partial charge in [0.2, 0.25) is 0 Å². The Morgan fingerprint density at radius 1 is 1.00 bits per heavy atom. The van der Waals surface area contributed by atoms with Crippen molar-refractivity contribution in [3.63, 3.8) is 0 Å². The van der Waals surface area contributed by atoms with Crippen molar-refractivity contribution in [2.45, 2.75) is 57.4 Å². The summed E-state index contributed by atoms with van der Waals surface area (Å²) in [6, 6.07) is 12.8. The number of hydrogen-bond acceptors (Lipinski definition) is 2. The van der Waals surface area contributed by atoms with E-state index in [0.29, 0.717) is 0 Å². The molecule has 0 spiro atoms. The predicted molar refractivity (Wildman–Crippen MR) is 89.2 cm³/mol. The van der Waals surface area contributed by atoms with Crippen molar-refractivity contribution in [2.24, 2.45) is 11.7 Å². The first-order chi connectivity index (χ1) is 10.3. The van der Waals surface area contributed by atoms with E-state index in [1.54, 1.807) is 0 Å². The maximum atomic E-state index is 6.39. The van der Waals surface area contributed by atoms with E-state index in [0.717, 1.165) is 30.0 Å². The number of para-hydroxylation sites is 1. The highest BCUT2D eigenvalue weighted by atomic mass is 14.7. The fraction of sp³-hybridized carbons (Fsp3) is 0.526. The third-order valence-corrected chi connectivity index (χ3v) is 4.74. The number of fused-ring (bicyclic) bond motifs is 1. The number of hydrogen-bond donors (Lipinski definition) is 1. The lowest BCUT2D eigenvalue weighted by Crippen LogP contribution is -2.26. The molecule has 0 aliphatic heterocycles. The quantitative estimate of drug-likeness (QED) is 0.841. The van der Waals surface area contributed by atoms with E-state index in [1.807, 2.05) is 6.07 Å². The van der Waals surface area contributed by atoms with E-state index in [1.165, 1.54) is 43.9 Å². The Bertz CT molecular complexity index is 571. The van der Waals surface area contributed by atoms with Crippen molar-refractivity contribution in [3.05, 3.63) is 42.1 Å². The van der Waals surface area contributed by atoms with Crippen molar-refractivity contribution in [2.75, 3.05) is 0 Å². The molecule has 2 nitrogen and oxygen atoms in total. The number of rotatable bonds is 4. The second kappa shape index (κ2) is 7.04. The van der Waals surface area contributed by atoms with E-state index in [9.17, 15) is 0 Å². The van der Waals surface area contributed by atoms with Crippen LogP contribution in [0.3, 0.4) is 0 Å². The van der Waals surface area contributed by atoms with Crippen LogP contribution in [0.1, 0.15) is 50.6 Å².